The third kappa shape index (κ3) is 4.77. The predicted octanol–water partition coefficient (Wildman–Crippen LogP) is 5.86. The van der Waals surface area contributed by atoms with Gasteiger partial charge in [0.25, 0.3) is 0 Å². The summed E-state index contributed by atoms with van der Waals surface area (Å²) >= 11 is 12.1. The molecule has 1 aliphatic heterocycles. The summed E-state index contributed by atoms with van der Waals surface area (Å²) in [7, 11) is 0. The van der Waals surface area contributed by atoms with E-state index in [0.717, 1.165) is 42.9 Å². The van der Waals surface area contributed by atoms with Gasteiger partial charge in [0.05, 0.1) is 16.6 Å². The van der Waals surface area contributed by atoms with Crippen molar-refractivity contribution in [1.29, 1.82) is 0 Å². The highest BCUT2D eigenvalue weighted by atomic mass is 35.5. The minimum absolute atomic E-state index is 0.274. The molecule has 156 valence electrons. The second-order valence-electron chi connectivity index (χ2n) is 7.46. The lowest BCUT2D eigenvalue weighted by atomic mass is 10.2. The number of aryl methyl sites for hydroxylation is 3. The van der Waals surface area contributed by atoms with Crippen LogP contribution in [0.15, 0.2) is 42.5 Å². The fraction of sp³-hybridized carbons (Fsp3) is 0.318. The third-order valence-corrected chi connectivity index (χ3v) is 5.86. The number of amides is 2. The molecule has 4 rings (SSSR count). The van der Waals surface area contributed by atoms with Crippen LogP contribution in [0.3, 0.4) is 0 Å². The summed E-state index contributed by atoms with van der Waals surface area (Å²) in [4.78, 5) is 19.5. The molecule has 3 aromatic rings. The largest absolute Gasteiger partial charge is 0.326 e. The van der Waals surface area contributed by atoms with Crippen molar-refractivity contribution < 1.29 is 4.79 Å². The number of aromatic nitrogens is 3. The second-order valence-corrected chi connectivity index (χ2v) is 8.27. The Morgan fingerprint density at radius 1 is 1.10 bits per heavy atom. The van der Waals surface area contributed by atoms with Gasteiger partial charge in [0.2, 0.25) is 0 Å². The smallest absolute Gasteiger partial charge is 0.307 e. The van der Waals surface area contributed by atoms with Crippen molar-refractivity contribution >= 4 is 40.6 Å². The van der Waals surface area contributed by atoms with Gasteiger partial charge >= 0.3 is 6.03 Å². The summed E-state index contributed by atoms with van der Waals surface area (Å²) in [6, 6.07) is 12.5. The van der Waals surface area contributed by atoms with E-state index in [1.165, 1.54) is 6.42 Å². The van der Waals surface area contributed by atoms with Crippen LogP contribution in [-0.2, 0) is 19.5 Å². The summed E-state index contributed by atoms with van der Waals surface area (Å²) in [5, 5.41) is 8.37. The molecule has 0 saturated heterocycles. The number of rotatable bonds is 4. The van der Waals surface area contributed by atoms with E-state index in [9.17, 15) is 4.79 Å². The third-order valence-electron chi connectivity index (χ3n) is 5.12. The van der Waals surface area contributed by atoms with Crippen molar-refractivity contribution in [2.45, 2.75) is 45.7 Å². The Bertz CT molecular complexity index is 1020. The van der Waals surface area contributed by atoms with Crippen LogP contribution in [0.1, 0.15) is 36.5 Å². The first kappa shape index (κ1) is 20.7. The first-order valence-electron chi connectivity index (χ1n) is 10.0. The van der Waals surface area contributed by atoms with E-state index in [1.54, 1.807) is 23.1 Å². The van der Waals surface area contributed by atoms with Gasteiger partial charge in [0, 0.05) is 24.3 Å². The number of anilines is 2. The van der Waals surface area contributed by atoms with Gasteiger partial charge in [-0.25, -0.2) is 14.5 Å². The number of carbonyl (C=O) groups excluding carboxylic acids is 1. The van der Waals surface area contributed by atoms with Crippen molar-refractivity contribution in [2.75, 3.05) is 10.2 Å². The van der Waals surface area contributed by atoms with Gasteiger partial charge in [0.15, 0.2) is 5.82 Å². The maximum atomic E-state index is 13.2. The Labute approximate surface area is 185 Å². The van der Waals surface area contributed by atoms with E-state index in [0.29, 0.717) is 21.6 Å². The molecular formula is C22H23Cl2N5O. The van der Waals surface area contributed by atoms with Gasteiger partial charge in [0.1, 0.15) is 5.82 Å². The highest BCUT2D eigenvalue weighted by Gasteiger charge is 2.21. The van der Waals surface area contributed by atoms with Crippen LogP contribution in [0.5, 0.6) is 0 Å². The number of carbonyl (C=O) groups is 1. The second kappa shape index (κ2) is 9.06. The molecule has 0 unspecified atom stereocenters. The number of halogens is 2. The lowest BCUT2D eigenvalue weighted by Gasteiger charge is -2.22. The summed E-state index contributed by atoms with van der Waals surface area (Å²) in [6.07, 6.45) is 4.35. The molecule has 0 aliphatic carbocycles. The van der Waals surface area contributed by atoms with Crippen molar-refractivity contribution in [3.63, 3.8) is 0 Å². The Hall–Kier alpha value is -2.57. The van der Waals surface area contributed by atoms with Crippen LogP contribution in [0, 0.1) is 6.92 Å². The number of nitrogens with zero attached hydrogens (tertiary/aromatic N) is 4. The van der Waals surface area contributed by atoms with Crippen molar-refractivity contribution in [2.24, 2.45) is 0 Å². The number of hydrogen-bond donors (Lipinski definition) is 1. The number of benzene rings is 2. The number of fused-ring (bicyclic) bond motifs is 1. The Balaban J connectivity index is 1.60. The first-order chi connectivity index (χ1) is 14.5. The normalized spacial score (nSPS) is 13.4. The van der Waals surface area contributed by atoms with Gasteiger partial charge in [-0.3, -0.25) is 4.90 Å². The number of urea groups is 1. The highest BCUT2D eigenvalue weighted by molar-refractivity contribution is 6.42. The zero-order chi connectivity index (χ0) is 21.1. The molecule has 2 aromatic carbocycles. The topological polar surface area (TPSA) is 63.1 Å². The van der Waals surface area contributed by atoms with E-state index < -0.39 is 0 Å². The van der Waals surface area contributed by atoms with E-state index >= 15 is 0 Å². The molecule has 1 aromatic heterocycles. The van der Waals surface area contributed by atoms with Gasteiger partial charge < -0.3 is 5.32 Å². The van der Waals surface area contributed by atoms with E-state index in [4.69, 9.17) is 28.2 Å². The van der Waals surface area contributed by atoms with Crippen molar-refractivity contribution in [3.05, 3.63) is 69.7 Å². The molecule has 2 heterocycles. The zero-order valence-electron chi connectivity index (χ0n) is 16.7. The van der Waals surface area contributed by atoms with Gasteiger partial charge in [-0.15, -0.1) is 0 Å². The van der Waals surface area contributed by atoms with Gasteiger partial charge in [-0.2, -0.15) is 5.10 Å². The van der Waals surface area contributed by atoms with Crippen LogP contribution in [0.4, 0.5) is 16.2 Å². The molecule has 30 heavy (non-hydrogen) atoms. The average Bonchev–Trinajstić information content (AvgIpc) is 2.98. The fourth-order valence-electron chi connectivity index (χ4n) is 3.49. The summed E-state index contributed by atoms with van der Waals surface area (Å²) in [5.41, 5.74) is 2.46. The molecule has 6 nitrogen and oxygen atoms in total. The molecule has 0 radical (unpaired) electrons. The Kier molecular flexibility index (Phi) is 6.25. The predicted molar refractivity (Wildman–Crippen MR) is 120 cm³/mol. The summed E-state index contributed by atoms with van der Waals surface area (Å²) in [5.74, 6) is 1.63. The minimum Gasteiger partial charge on any atom is -0.307 e. The SMILES string of the molecule is Cc1ccc(N(Cc2nc3n(n2)CCCCC3)C(=O)Nc2ccc(Cl)c(Cl)c2)cc1. The zero-order valence-corrected chi connectivity index (χ0v) is 18.2. The molecule has 0 bridgehead atoms. The summed E-state index contributed by atoms with van der Waals surface area (Å²) < 4.78 is 1.98. The molecule has 0 spiro atoms. The molecule has 2 amide bonds. The number of hydrogen-bond acceptors (Lipinski definition) is 3. The van der Waals surface area contributed by atoms with Crippen LogP contribution >= 0.6 is 23.2 Å². The summed E-state index contributed by atoms with van der Waals surface area (Å²) in [6.45, 7) is 3.16. The monoisotopic (exact) mass is 443 g/mol. The molecule has 0 saturated carbocycles. The highest BCUT2D eigenvalue weighted by Crippen LogP contribution is 2.26. The first-order valence-corrected chi connectivity index (χ1v) is 10.8. The fourth-order valence-corrected chi connectivity index (χ4v) is 3.79. The van der Waals surface area contributed by atoms with Gasteiger partial charge in [-0.05, 0) is 50.1 Å². The maximum Gasteiger partial charge on any atom is 0.326 e. The van der Waals surface area contributed by atoms with Crippen LogP contribution in [0.25, 0.3) is 0 Å². The lowest BCUT2D eigenvalue weighted by molar-refractivity contribution is 0.256. The molecule has 8 heteroatoms. The van der Waals surface area contributed by atoms with Crippen LogP contribution < -0.4 is 10.2 Å². The van der Waals surface area contributed by atoms with E-state index in [1.807, 2.05) is 35.9 Å². The molecule has 1 aliphatic rings. The quantitative estimate of drug-likeness (QED) is 0.549. The van der Waals surface area contributed by atoms with Crippen molar-refractivity contribution in [3.8, 4) is 0 Å². The average molecular weight is 444 g/mol. The Morgan fingerprint density at radius 3 is 2.67 bits per heavy atom. The van der Waals surface area contributed by atoms with Crippen LogP contribution in [-0.4, -0.2) is 20.8 Å². The number of nitrogens with one attached hydrogen (secondary N) is 1. The lowest BCUT2D eigenvalue weighted by Crippen LogP contribution is -2.35. The standard InChI is InChI=1S/C22H23Cl2N5O/c1-15-6-9-17(10-7-15)28(22(30)25-16-8-11-18(23)19(24)13-16)14-20-26-21-5-3-2-4-12-29(21)27-20/h6-11,13H,2-5,12,14H2,1H3,(H,25,30). The molecular weight excluding hydrogens is 421 g/mol. The van der Waals surface area contributed by atoms with Crippen LogP contribution in [0.2, 0.25) is 10.0 Å². The molecule has 0 fully saturated rings. The minimum atomic E-state index is -0.290. The van der Waals surface area contributed by atoms with Crippen molar-refractivity contribution in [1.82, 2.24) is 14.8 Å². The van der Waals surface area contributed by atoms with Gasteiger partial charge in [-0.1, -0.05) is 47.3 Å². The maximum absolute atomic E-state index is 13.2. The van der Waals surface area contributed by atoms with E-state index in [2.05, 4.69) is 10.4 Å². The molecule has 1 N–H and O–H groups in total. The molecule has 0 atom stereocenters. The van der Waals surface area contributed by atoms with E-state index in [-0.39, 0.29) is 12.6 Å². The Morgan fingerprint density at radius 2 is 1.90 bits per heavy atom.